The number of alkyl halides is 3. The fourth-order valence-electron chi connectivity index (χ4n) is 5.05. The first kappa shape index (κ1) is 29.4. The first-order chi connectivity index (χ1) is 19.8. The molecule has 2 amide bonds. The molecular weight excluding hydrogens is 583 g/mol. The highest BCUT2D eigenvalue weighted by Crippen LogP contribution is 2.42. The number of amides is 2. The minimum atomic E-state index is -4.80. The van der Waals surface area contributed by atoms with E-state index in [-0.39, 0.29) is 29.1 Å². The number of nitrogens with zero attached hydrogens (tertiary/aromatic N) is 5. The van der Waals surface area contributed by atoms with E-state index in [1.807, 2.05) is 0 Å². The molecule has 1 atom stereocenters. The molecule has 0 bridgehead atoms. The molecular formula is C27H23F5N6O3S. The summed E-state index contributed by atoms with van der Waals surface area (Å²) in [6.07, 6.45) is 0.243. The van der Waals surface area contributed by atoms with Crippen LogP contribution in [0.15, 0.2) is 59.2 Å². The van der Waals surface area contributed by atoms with E-state index >= 15 is 0 Å². The summed E-state index contributed by atoms with van der Waals surface area (Å²) in [7, 11) is 0. The molecule has 5 rings (SSSR count). The molecule has 42 heavy (non-hydrogen) atoms. The molecule has 15 heteroatoms. The average Bonchev–Trinajstić information content (AvgIpc) is 3.36. The van der Waals surface area contributed by atoms with E-state index in [0.29, 0.717) is 24.1 Å². The molecule has 0 saturated carbocycles. The van der Waals surface area contributed by atoms with Crippen LogP contribution in [0.5, 0.6) is 0 Å². The van der Waals surface area contributed by atoms with Crippen LogP contribution in [0.4, 0.5) is 27.6 Å². The van der Waals surface area contributed by atoms with E-state index in [1.165, 1.54) is 41.3 Å². The lowest BCUT2D eigenvalue weighted by Gasteiger charge is -2.46. The highest BCUT2D eigenvalue weighted by molar-refractivity contribution is 7.98. The number of rotatable bonds is 6. The van der Waals surface area contributed by atoms with Crippen molar-refractivity contribution in [3.05, 3.63) is 76.9 Å². The third kappa shape index (κ3) is 5.17. The molecule has 1 fully saturated rings. The van der Waals surface area contributed by atoms with Crippen LogP contribution in [-0.2, 0) is 22.3 Å². The van der Waals surface area contributed by atoms with Crippen molar-refractivity contribution in [2.24, 2.45) is 0 Å². The molecule has 0 aliphatic carbocycles. The average molecular weight is 607 g/mol. The van der Waals surface area contributed by atoms with Gasteiger partial charge in [-0.15, -0.1) is 0 Å². The molecule has 220 valence electrons. The van der Waals surface area contributed by atoms with Gasteiger partial charge in [-0.25, -0.2) is 28.7 Å². The summed E-state index contributed by atoms with van der Waals surface area (Å²) in [4.78, 5) is 39.0. The van der Waals surface area contributed by atoms with Gasteiger partial charge in [0.1, 0.15) is 17.0 Å². The van der Waals surface area contributed by atoms with E-state index < -0.39 is 58.7 Å². The largest absolute Gasteiger partial charge is 0.509 e. The number of benzene rings is 1. The van der Waals surface area contributed by atoms with Crippen LogP contribution in [0.1, 0.15) is 31.0 Å². The second-order valence-electron chi connectivity index (χ2n) is 9.80. The molecule has 2 aliphatic rings. The van der Waals surface area contributed by atoms with Gasteiger partial charge in [-0.2, -0.15) is 13.2 Å². The lowest BCUT2D eigenvalue weighted by atomic mass is 9.90. The van der Waals surface area contributed by atoms with Crippen molar-refractivity contribution in [3.8, 4) is 11.3 Å². The number of pyridine rings is 1. The summed E-state index contributed by atoms with van der Waals surface area (Å²) < 4.78 is 69.0. The number of carbonyl (C=O) groups excluding carboxylic acids is 2. The fraction of sp³-hybridized carbons (Fsp3) is 0.296. The minimum Gasteiger partial charge on any atom is -0.509 e. The molecule has 4 heterocycles. The summed E-state index contributed by atoms with van der Waals surface area (Å²) in [5, 5.41) is 16.5. The molecule has 1 aromatic carbocycles. The number of aliphatic hydroxyl groups is 1. The van der Waals surface area contributed by atoms with E-state index in [9.17, 15) is 36.6 Å². The Morgan fingerprint density at radius 1 is 1.17 bits per heavy atom. The Morgan fingerprint density at radius 2 is 1.88 bits per heavy atom. The Balaban J connectivity index is 1.54. The van der Waals surface area contributed by atoms with Crippen molar-refractivity contribution in [1.82, 2.24) is 25.0 Å². The summed E-state index contributed by atoms with van der Waals surface area (Å²) >= 11 is 1.21. The summed E-state index contributed by atoms with van der Waals surface area (Å²) in [6.45, 7) is 1.45. The number of carbonyl (C=O) groups is 2. The third-order valence-electron chi connectivity index (χ3n) is 7.19. The SMILES string of the molecule is CSc1ncc(-c2nc(C(F)(F)F)ccc2NC(=O)C2=C(O)[C@@]3(C)CCCN3N(Cc3cccc(F)c3F)C2=O)cn1. The van der Waals surface area contributed by atoms with E-state index in [4.69, 9.17) is 0 Å². The van der Waals surface area contributed by atoms with E-state index in [2.05, 4.69) is 20.3 Å². The molecule has 2 aliphatic heterocycles. The second-order valence-corrected chi connectivity index (χ2v) is 10.6. The van der Waals surface area contributed by atoms with Gasteiger partial charge in [0, 0.05) is 30.1 Å². The minimum absolute atomic E-state index is 0.0551. The van der Waals surface area contributed by atoms with Gasteiger partial charge in [0.25, 0.3) is 11.8 Å². The number of aliphatic hydroxyl groups excluding tert-OH is 1. The Morgan fingerprint density at radius 3 is 2.55 bits per heavy atom. The first-order valence-corrected chi connectivity index (χ1v) is 13.8. The smallest absolute Gasteiger partial charge is 0.433 e. The number of thioether (sulfide) groups is 1. The number of anilines is 1. The van der Waals surface area contributed by atoms with Crippen LogP contribution in [0.25, 0.3) is 11.3 Å². The van der Waals surface area contributed by atoms with Gasteiger partial charge in [-0.3, -0.25) is 14.6 Å². The van der Waals surface area contributed by atoms with Crippen molar-refractivity contribution >= 4 is 29.3 Å². The van der Waals surface area contributed by atoms with Crippen molar-refractivity contribution in [2.45, 2.75) is 43.2 Å². The lowest BCUT2D eigenvalue weighted by molar-refractivity contribution is -0.160. The topological polar surface area (TPSA) is 112 Å². The molecule has 0 spiro atoms. The zero-order valence-corrected chi connectivity index (χ0v) is 23.0. The first-order valence-electron chi connectivity index (χ1n) is 12.6. The van der Waals surface area contributed by atoms with Crippen LogP contribution >= 0.6 is 11.8 Å². The number of nitrogens with one attached hydrogen (secondary N) is 1. The van der Waals surface area contributed by atoms with Crippen LogP contribution in [0.2, 0.25) is 0 Å². The molecule has 2 N–H and O–H groups in total. The number of fused-ring (bicyclic) bond motifs is 1. The Labute approximate surface area is 240 Å². The van der Waals surface area contributed by atoms with Crippen molar-refractivity contribution in [3.63, 3.8) is 0 Å². The monoisotopic (exact) mass is 606 g/mol. The van der Waals surface area contributed by atoms with Crippen LogP contribution in [-0.4, -0.2) is 60.2 Å². The highest BCUT2D eigenvalue weighted by Gasteiger charge is 2.52. The number of aromatic nitrogens is 3. The quantitative estimate of drug-likeness (QED) is 0.172. The van der Waals surface area contributed by atoms with Gasteiger partial charge in [0.05, 0.1) is 23.5 Å². The number of halogens is 5. The van der Waals surface area contributed by atoms with Gasteiger partial charge in [0.2, 0.25) is 0 Å². The predicted molar refractivity (Wildman–Crippen MR) is 142 cm³/mol. The van der Waals surface area contributed by atoms with Gasteiger partial charge in [0.15, 0.2) is 16.8 Å². The van der Waals surface area contributed by atoms with Gasteiger partial charge < -0.3 is 10.4 Å². The normalized spacial score (nSPS) is 19.3. The number of hydrogen-bond acceptors (Lipinski definition) is 8. The predicted octanol–water partition coefficient (Wildman–Crippen LogP) is 5.12. The number of hydrogen-bond donors (Lipinski definition) is 2. The standard InChI is InChI=1S/C27H23F5N6O3S/c1-26-9-4-10-38(26)37(13-14-5-3-6-16(28)20(14)29)24(41)19(22(26)39)23(40)35-17-7-8-18(27(30,31)32)36-21(17)15-11-33-25(42-2)34-12-15/h3,5-8,11-12,39H,4,9-10,13H2,1-2H3,(H,35,40)/t26-/m1/s1. The van der Waals surface area contributed by atoms with Crippen molar-refractivity contribution in [1.29, 1.82) is 0 Å². The Hall–Kier alpha value is -4.11. The lowest BCUT2D eigenvalue weighted by Crippen LogP contribution is -2.60. The maximum Gasteiger partial charge on any atom is 0.433 e. The second kappa shape index (κ2) is 10.9. The van der Waals surface area contributed by atoms with E-state index in [1.54, 1.807) is 13.2 Å². The number of hydrazine groups is 1. The Bertz CT molecular complexity index is 1600. The zero-order valence-electron chi connectivity index (χ0n) is 22.2. The van der Waals surface area contributed by atoms with Crippen LogP contribution in [0, 0.1) is 11.6 Å². The van der Waals surface area contributed by atoms with Gasteiger partial charge in [-0.1, -0.05) is 23.9 Å². The molecule has 2 aromatic heterocycles. The molecule has 0 radical (unpaired) electrons. The van der Waals surface area contributed by atoms with E-state index in [0.717, 1.165) is 17.1 Å². The molecule has 9 nitrogen and oxygen atoms in total. The van der Waals surface area contributed by atoms with Gasteiger partial charge in [-0.05, 0) is 44.2 Å². The molecule has 1 saturated heterocycles. The highest BCUT2D eigenvalue weighted by atomic mass is 32.2. The van der Waals surface area contributed by atoms with Crippen LogP contribution in [0.3, 0.4) is 0 Å². The van der Waals surface area contributed by atoms with Crippen LogP contribution < -0.4 is 5.32 Å². The summed E-state index contributed by atoms with van der Waals surface area (Å²) in [5.41, 5.74) is -3.77. The van der Waals surface area contributed by atoms with Crippen molar-refractivity contribution < 1.29 is 36.6 Å². The summed E-state index contributed by atoms with van der Waals surface area (Å²) in [5.74, 6) is -4.95. The fourth-order valence-corrected chi connectivity index (χ4v) is 5.36. The summed E-state index contributed by atoms with van der Waals surface area (Å²) in [6, 6.07) is 5.13. The van der Waals surface area contributed by atoms with Gasteiger partial charge >= 0.3 is 6.18 Å². The van der Waals surface area contributed by atoms with Crippen molar-refractivity contribution in [2.75, 3.05) is 18.1 Å². The Kier molecular flexibility index (Phi) is 7.66. The maximum absolute atomic E-state index is 14.5. The maximum atomic E-state index is 14.5. The third-order valence-corrected chi connectivity index (χ3v) is 7.76. The molecule has 0 unspecified atom stereocenters. The zero-order chi connectivity index (χ0) is 30.4. The molecule has 3 aromatic rings.